The number of aromatic nitrogens is 2. The zero-order valence-electron chi connectivity index (χ0n) is 16.6. The first-order valence-electron chi connectivity index (χ1n) is 9.93. The maximum absolute atomic E-state index is 5.71. The van der Waals surface area contributed by atoms with Gasteiger partial charge in [-0.05, 0) is 37.5 Å². The second-order valence-electron chi connectivity index (χ2n) is 7.29. The van der Waals surface area contributed by atoms with Crippen molar-refractivity contribution in [3.63, 3.8) is 0 Å². The van der Waals surface area contributed by atoms with E-state index in [0.29, 0.717) is 0 Å². The van der Waals surface area contributed by atoms with Gasteiger partial charge in [0.15, 0.2) is 5.11 Å². The summed E-state index contributed by atoms with van der Waals surface area (Å²) in [5, 5.41) is 11.2. The molecule has 28 heavy (non-hydrogen) atoms. The summed E-state index contributed by atoms with van der Waals surface area (Å²) < 4.78 is 2.06. The standard InChI is InChI=1S/C22H27N5S/c1-3-27-17(2)19(15-23-27)16-25-11-13-26(14-12-25)22(28)24-21-10-6-8-18-7-4-5-9-20(18)21/h4-10,15H,3,11-14,16H2,1-2H3,(H,24,28). The first kappa shape index (κ1) is 18.9. The van der Waals surface area contributed by atoms with Crippen molar-refractivity contribution in [3.8, 4) is 0 Å². The molecule has 1 aromatic heterocycles. The van der Waals surface area contributed by atoms with E-state index >= 15 is 0 Å². The topological polar surface area (TPSA) is 36.3 Å². The van der Waals surface area contributed by atoms with Gasteiger partial charge < -0.3 is 10.2 Å². The van der Waals surface area contributed by atoms with Gasteiger partial charge in [-0.3, -0.25) is 9.58 Å². The highest BCUT2D eigenvalue weighted by Crippen LogP contribution is 2.23. The van der Waals surface area contributed by atoms with Crippen molar-refractivity contribution >= 4 is 33.8 Å². The van der Waals surface area contributed by atoms with E-state index in [1.807, 2.05) is 6.20 Å². The van der Waals surface area contributed by atoms with Gasteiger partial charge >= 0.3 is 0 Å². The molecule has 0 atom stereocenters. The molecule has 0 spiro atoms. The summed E-state index contributed by atoms with van der Waals surface area (Å²) in [5.74, 6) is 0. The van der Waals surface area contributed by atoms with Crippen molar-refractivity contribution < 1.29 is 0 Å². The van der Waals surface area contributed by atoms with E-state index in [2.05, 4.69) is 81.2 Å². The molecule has 1 fully saturated rings. The zero-order valence-corrected chi connectivity index (χ0v) is 17.4. The Labute approximate surface area is 171 Å². The summed E-state index contributed by atoms with van der Waals surface area (Å²) in [4.78, 5) is 4.76. The molecule has 0 bridgehead atoms. The van der Waals surface area contributed by atoms with Gasteiger partial charge in [0.25, 0.3) is 0 Å². The van der Waals surface area contributed by atoms with E-state index in [0.717, 1.165) is 50.1 Å². The molecule has 1 saturated heterocycles. The number of benzene rings is 2. The number of anilines is 1. The molecule has 0 saturated carbocycles. The molecule has 2 heterocycles. The molecule has 4 rings (SSSR count). The number of piperazine rings is 1. The number of nitrogens with one attached hydrogen (secondary N) is 1. The van der Waals surface area contributed by atoms with Gasteiger partial charge in [-0.1, -0.05) is 36.4 Å². The highest BCUT2D eigenvalue weighted by atomic mass is 32.1. The average Bonchev–Trinajstić information content (AvgIpc) is 3.08. The van der Waals surface area contributed by atoms with E-state index < -0.39 is 0 Å². The molecule has 1 aliphatic heterocycles. The van der Waals surface area contributed by atoms with Crippen LogP contribution in [0.15, 0.2) is 48.7 Å². The summed E-state index contributed by atoms with van der Waals surface area (Å²) in [6, 6.07) is 14.7. The van der Waals surface area contributed by atoms with Crippen LogP contribution in [-0.2, 0) is 13.1 Å². The Bertz CT molecular complexity index is 967. The van der Waals surface area contributed by atoms with Crippen LogP contribution in [0.2, 0.25) is 0 Å². The summed E-state index contributed by atoms with van der Waals surface area (Å²) in [5.41, 5.74) is 3.68. The van der Waals surface area contributed by atoms with E-state index in [-0.39, 0.29) is 0 Å². The summed E-state index contributed by atoms with van der Waals surface area (Å²) in [6.45, 7) is 10.1. The molecule has 2 aromatic carbocycles. The SMILES string of the molecule is CCn1ncc(CN2CCN(C(=S)Nc3cccc4ccccc34)CC2)c1C. The van der Waals surface area contributed by atoms with Crippen LogP contribution < -0.4 is 5.32 Å². The molecule has 5 nitrogen and oxygen atoms in total. The van der Waals surface area contributed by atoms with Crippen LogP contribution in [-0.4, -0.2) is 50.9 Å². The van der Waals surface area contributed by atoms with Crippen LogP contribution in [0.25, 0.3) is 10.8 Å². The van der Waals surface area contributed by atoms with Crippen molar-refractivity contribution in [1.82, 2.24) is 19.6 Å². The highest BCUT2D eigenvalue weighted by molar-refractivity contribution is 7.80. The lowest BCUT2D eigenvalue weighted by molar-refractivity contribution is 0.176. The highest BCUT2D eigenvalue weighted by Gasteiger charge is 2.20. The Hall–Kier alpha value is -2.44. The largest absolute Gasteiger partial charge is 0.346 e. The number of fused-ring (bicyclic) bond motifs is 1. The molecular weight excluding hydrogens is 366 g/mol. The predicted octanol–water partition coefficient (Wildman–Crippen LogP) is 3.88. The van der Waals surface area contributed by atoms with Crippen LogP contribution in [0.1, 0.15) is 18.2 Å². The van der Waals surface area contributed by atoms with E-state index in [1.165, 1.54) is 22.0 Å². The molecule has 3 aromatic rings. The molecule has 1 aliphatic rings. The van der Waals surface area contributed by atoms with Crippen molar-refractivity contribution in [2.24, 2.45) is 0 Å². The van der Waals surface area contributed by atoms with Crippen molar-refractivity contribution in [3.05, 3.63) is 59.9 Å². The molecular formula is C22H27N5S. The smallest absolute Gasteiger partial charge is 0.173 e. The van der Waals surface area contributed by atoms with Gasteiger partial charge in [-0.15, -0.1) is 0 Å². The number of rotatable bonds is 4. The Kier molecular flexibility index (Phi) is 5.59. The van der Waals surface area contributed by atoms with Crippen molar-refractivity contribution in [2.75, 3.05) is 31.5 Å². The normalized spacial score (nSPS) is 15.1. The lowest BCUT2D eigenvalue weighted by Gasteiger charge is -2.36. The lowest BCUT2D eigenvalue weighted by Crippen LogP contribution is -2.49. The average molecular weight is 394 g/mol. The second-order valence-corrected chi connectivity index (χ2v) is 7.68. The number of hydrogen-bond acceptors (Lipinski definition) is 3. The second kappa shape index (κ2) is 8.29. The van der Waals surface area contributed by atoms with E-state index in [9.17, 15) is 0 Å². The fraction of sp³-hybridized carbons (Fsp3) is 0.364. The first-order chi connectivity index (χ1) is 13.7. The fourth-order valence-corrected chi connectivity index (χ4v) is 4.13. The van der Waals surface area contributed by atoms with E-state index in [4.69, 9.17) is 12.2 Å². The summed E-state index contributed by atoms with van der Waals surface area (Å²) in [7, 11) is 0. The molecule has 0 amide bonds. The first-order valence-corrected chi connectivity index (χ1v) is 10.3. The molecule has 6 heteroatoms. The van der Waals surface area contributed by atoms with Gasteiger partial charge in [0.2, 0.25) is 0 Å². The summed E-state index contributed by atoms with van der Waals surface area (Å²) >= 11 is 5.71. The van der Waals surface area contributed by atoms with Crippen LogP contribution in [0.4, 0.5) is 5.69 Å². The van der Waals surface area contributed by atoms with E-state index in [1.54, 1.807) is 0 Å². The molecule has 0 aliphatic carbocycles. The number of hydrogen-bond donors (Lipinski definition) is 1. The summed E-state index contributed by atoms with van der Waals surface area (Å²) in [6.07, 6.45) is 2.01. The lowest BCUT2D eigenvalue weighted by atomic mass is 10.1. The molecule has 1 N–H and O–H groups in total. The fourth-order valence-electron chi connectivity index (χ4n) is 3.84. The predicted molar refractivity (Wildman–Crippen MR) is 120 cm³/mol. The third kappa shape index (κ3) is 3.88. The van der Waals surface area contributed by atoms with Gasteiger partial charge in [0.05, 0.1) is 6.20 Å². The van der Waals surface area contributed by atoms with Gasteiger partial charge in [0.1, 0.15) is 0 Å². The quantitative estimate of drug-likeness (QED) is 0.681. The molecule has 0 radical (unpaired) electrons. The number of thiocarbonyl (C=S) groups is 1. The van der Waals surface area contributed by atoms with Gasteiger partial charge in [-0.2, -0.15) is 5.10 Å². The van der Waals surface area contributed by atoms with Crippen LogP contribution in [0.5, 0.6) is 0 Å². The Morgan fingerprint density at radius 2 is 1.82 bits per heavy atom. The van der Waals surface area contributed by atoms with Crippen molar-refractivity contribution in [2.45, 2.75) is 26.9 Å². The van der Waals surface area contributed by atoms with Crippen LogP contribution in [0, 0.1) is 6.92 Å². The van der Waals surface area contributed by atoms with Crippen LogP contribution >= 0.6 is 12.2 Å². The molecule has 0 unspecified atom stereocenters. The van der Waals surface area contributed by atoms with Gasteiger partial charge in [-0.25, -0.2) is 0 Å². The maximum Gasteiger partial charge on any atom is 0.173 e. The minimum absolute atomic E-state index is 0.811. The minimum Gasteiger partial charge on any atom is -0.346 e. The minimum atomic E-state index is 0.811. The third-order valence-electron chi connectivity index (χ3n) is 5.59. The zero-order chi connectivity index (χ0) is 19.5. The van der Waals surface area contributed by atoms with Gasteiger partial charge in [0, 0.05) is 61.6 Å². The number of aryl methyl sites for hydroxylation is 1. The Morgan fingerprint density at radius 1 is 1.07 bits per heavy atom. The number of nitrogens with zero attached hydrogens (tertiary/aromatic N) is 4. The Morgan fingerprint density at radius 3 is 2.57 bits per heavy atom. The van der Waals surface area contributed by atoms with Crippen molar-refractivity contribution in [1.29, 1.82) is 0 Å². The van der Waals surface area contributed by atoms with Crippen LogP contribution in [0.3, 0.4) is 0 Å². The molecule has 146 valence electrons. The monoisotopic (exact) mass is 393 g/mol. The third-order valence-corrected chi connectivity index (χ3v) is 5.95. The maximum atomic E-state index is 5.71. The Balaban J connectivity index is 1.35.